The molecule has 5 nitrogen and oxygen atoms in total. The summed E-state index contributed by atoms with van der Waals surface area (Å²) >= 11 is 0. The zero-order valence-electron chi connectivity index (χ0n) is 15.0. The predicted octanol–water partition coefficient (Wildman–Crippen LogP) is 2.99. The van der Waals surface area contributed by atoms with Gasteiger partial charge in [0.05, 0.1) is 6.54 Å². The van der Waals surface area contributed by atoms with Crippen molar-refractivity contribution < 1.29 is 0 Å². The summed E-state index contributed by atoms with van der Waals surface area (Å²) in [5, 5.41) is 0. The van der Waals surface area contributed by atoms with Gasteiger partial charge in [-0.15, -0.1) is 0 Å². The fraction of sp³-hybridized carbons (Fsp3) is 0.333. The molecule has 1 aromatic carbocycles. The van der Waals surface area contributed by atoms with Crippen molar-refractivity contribution in [2.75, 3.05) is 31.1 Å². The first kappa shape index (κ1) is 16.8. The highest BCUT2D eigenvalue weighted by Crippen LogP contribution is 2.21. The van der Waals surface area contributed by atoms with Gasteiger partial charge in [0, 0.05) is 56.2 Å². The number of nitrogens with one attached hydrogen (secondary N) is 1. The molecular weight excluding hydrogens is 322 g/mol. The Hall–Kier alpha value is -2.66. The first-order valence-corrected chi connectivity index (χ1v) is 9.27. The van der Waals surface area contributed by atoms with E-state index < -0.39 is 0 Å². The number of pyridine rings is 1. The summed E-state index contributed by atoms with van der Waals surface area (Å²) in [6.07, 6.45) is 6.62. The van der Waals surface area contributed by atoms with Crippen molar-refractivity contribution in [2.45, 2.75) is 13.0 Å². The highest BCUT2D eigenvalue weighted by molar-refractivity contribution is 5.46. The Balaban J connectivity index is 1.52. The number of rotatable bonds is 5. The third kappa shape index (κ3) is 4.29. The molecule has 1 N–H and O–H groups in total. The molecule has 1 unspecified atom stereocenters. The van der Waals surface area contributed by atoms with Crippen molar-refractivity contribution in [3.63, 3.8) is 0 Å². The van der Waals surface area contributed by atoms with E-state index in [1.54, 1.807) is 0 Å². The quantitative estimate of drug-likeness (QED) is 0.771. The minimum absolute atomic E-state index is 0.530. The summed E-state index contributed by atoms with van der Waals surface area (Å²) in [4.78, 5) is 17.2. The van der Waals surface area contributed by atoms with Crippen molar-refractivity contribution in [2.24, 2.45) is 5.92 Å². The van der Waals surface area contributed by atoms with Gasteiger partial charge in [-0.1, -0.05) is 24.3 Å². The number of benzene rings is 1. The zero-order valence-corrected chi connectivity index (χ0v) is 15.0. The first-order valence-electron chi connectivity index (χ1n) is 9.27. The topological polar surface area (TPSA) is 48.0 Å². The van der Waals surface area contributed by atoms with Gasteiger partial charge in [0.15, 0.2) is 0 Å². The molecule has 1 fully saturated rings. The Kier molecular flexibility index (Phi) is 5.26. The molecule has 0 radical (unpaired) electrons. The van der Waals surface area contributed by atoms with Crippen LogP contribution < -0.4 is 4.90 Å². The number of hydrogen-bond donors (Lipinski definition) is 1. The second-order valence-corrected chi connectivity index (χ2v) is 6.94. The Bertz CT molecular complexity index is 773. The maximum atomic E-state index is 4.55. The van der Waals surface area contributed by atoms with Gasteiger partial charge in [0.25, 0.3) is 0 Å². The smallest absolute Gasteiger partial charge is 0.120 e. The van der Waals surface area contributed by atoms with Crippen LogP contribution in [0.25, 0.3) is 0 Å². The molecule has 1 atom stereocenters. The van der Waals surface area contributed by atoms with E-state index in [2.05, 4.69) is 67.2 Å². The van der Waals surface area contributed by atoms with E-state index in [1.165, 1.54) is 11.4 Å². The molecule has 0 amide bonds. The van der Waals surface area contributed by atoms with E-state index in [9.17, 15) is 0 Å². The third-order valence-corrected chi connectivity index (χ3v) is 4.95. The molecule has 0 spiro atoms. The summed E-state index contributed by atoms with van der Waals surface area (Å²) in [5.74, 6) is 1.57. The molecule has 4 rings (SSSR count). The van der Waals surface area contributed by atoms with Gasteiger partial charge in [0.2, 0.25) is 0 Å². The van der Waals surface area contributed by atoms with E-state index >= 15 is 0 Å². The molecule has 0 bridgehead atoms. The number of imidazole rings is 1. The van der Waals surface area contributed by atoms with Crippen LogP contribution >= 0.6 is 0 Å². The first-order chi connectivity index (χ1) is 12.9. The Morgan fingerprint density at radius 1 is 0.923 bits per heavy atom. The second kappa shape index (κ2) is 8.15. The van der Waals surface area contributed by atoms with Crippen LogP contribution in [-0.4, -0.2) is 46.0 Å². The number of nitrogens with zero attached hydrogens (tertiary/aromatic N) is 4. The standard InChI is InChI=1S/C21H25N5/c1-2-7-20(8-3-1)26-13-12-25(17-21-23-10-11-24-21)15-18(16-26)14-19-6-4-5-9-22-19/h1-11,18H,12-17H2,(H,23,24). The average molecular weight is 347 g/mol. The Morgan fingerprint density at radius 2 is 1.81 bits per heavy atom. The van der Waals surface area contributed by atoms with Crippen molar-refractivity contribution in [3.05, 3.63) is 78.6 Å². The fourth-order valence-electron chi connectivity index (χ4n) is 3.74. The number of hydrogen-bond acceptors (Lipinski definition) is 4. The van der Waals surface area contributed by atoms with Crippen LogP contribution in [0.5, 0.6) is 0 Å². The molecule has 0 aliphatic carbocycles. The summed E-state index contributed by atoms with van der Waals surface area (Å²) in [6.45, 7) is 5.04. The van der Waals surface area contributed by atoms with Crippen molar-refractivity contribution >= 4 is 5.69 Å². The predicted molar refractivity (Wildman–Crippen MR) is 104 cm³/mol. The Morgan fingerprint density at radius 3 is 2.58 bits per heavy atom. The minimum Gasteiger partial charge on any atom is -0.370 e. The lowest BCUT2D eigenvalue weighted by molar-refractivity contribution is 0.243. The second-order valence-electron chi connectivity index (χ2n) is 6.94. The maximum absolute atomic E-state index is 4.55. The van der Waals surface area contributed by atoms with Crippen molar-refractivity contribution in [3.8, 4) is 0 Å². The van der Waals surface area contributed by atoms with Crippen LogP contribution in [-0.2, 0) is 13.0 Å². The lowest BCUT2D eigenvalue weighted by Crippen LogP contribution is -2.31. The normalized spacial score (nSPS) is 18.6. The number of H-pyrrole nitrogens is 1. The van der Waals surface area contributed by atoms with Crippen LogP contribution in [0.4, 0.5) is 5.69 Å². The SMILES string of the molecule is c1ccc(N2CCN(Cc3ncc[nH]3)CC(Cc3ccccn3)C2)cc1. The summed E-state index contributed by atoms with van der Waals surface area (Å²) in [6, 6.07) is 16.9. The Labute approximate surface area is 154 Å². The van der Waals surface area contributed by atoms with Crippen molar-refractivity contribution in [1.29, 1.82) is 0 Å². The van der Waals surface area contributed by atoms with Crippen LogP contribution in [0.15, 0.2) is 67.1 Å². The van der Waals surface area contributed by atoms with Crippen LogP contribution in [0.3, 0.4) is 0 Å². The zero-order chi connectivity index (χ0) is 17.6. The third-order valence-electron chi connectivity index (χ3n) is 4.95. The van der Waals surface area contributed by atoms with Gasteiger partial charge < -0.3 is 9.88 Å². The van der Waals surface area contributed by atoms with E-state index in [0.717, 1.165) is 45.0 Å². The maximum Gasteiger partial charge on any atom is 0.120 e. The summed E-state index contributed by atoms with van der Waals surface area (Å²) in [5.41, 5.74) is 2.48. The molecule has 2 aromatic heterocycles. The summed E-state index contributed by atoms with van der Waals surface area (Å²) < 4.78 is 0. The number of anilines is 1. The van der Waals surface area contributed by atoms with Crippen LogP contribution in [0.1, 0.15) is 11.5 Å². The molecule has 3 aromatic rings. The lowest BCUT2D eigenvalue weighted by atomic mass is 10.0. The number of para-hydroxylation sites is 1. The van der Waals surface area contributed by atoms with Gasteiger partial charge in [-0.3, -0.25) is 9.88 Å². The molecular formula is C21H25N5. The molecule has 1 saturated heterocycles. The average Bonchev–Trinajstić information content (AvgIpc) is 3.11. The van der Waals surface area contributed by atoms with Gasteiger partial charge in [0.1, 0.15) is 5.82 Å². The summed E-state index contributed by atoms with van der Waals surface area (Å²) in [7, 11) is 0. The molecule has 5 heteroatoms. The van der Waals surface area contributed by atoms with Gasteiger partial charge >= 0.3 is 0 Å². The minimum atomic E-state index is 0.530. The fourth-order valence-corrected chi connectivity index (χ4v) is 3.74. The molecule has 26 heavy (non-hydrogen) atoms. The lowest BCUT2D eigenvalue weighted by Gasteiger charge is -2.26. The van der Waals surface area contributed by atoms with E-state index in [-0.39, 0.29) is 0 Å². The molecule has 134 valence electrons. The van der Waals surface area contributed by atoms with Gasteiger partial charge in [-0.2, -0.15) is 0 Å². The van der Waals surface area contributed by atoms with Crippen LogP contribution in [0.2, 0.25) is 0 Å². The highest BCUT2D eigenvalue weighted by Gasteiger charge is 2.24. The van der Waals surface area contributed by atoms with Crippen molar-refractivity contribution in [1.82, 2.24) is 19.9 Å². The van der Waals surface area contributed by atoms with E-state index in [4.69, 9.17) is 0 Å². The van der Waals surface area contributed by atoms with E-state index in [1.807, 2.05) is 24.7 Å². The van der Waals surface area contributed by atoms with Gasteiger partial charge in [-0.05, 0) is 36.6 Å². The monoisotopic (exact) mass is 347 g/mol. The number of aromatic nitrogens is 3. The van der Waals surface area contributed by atoms with Gasteiger partial charge in [-0.25, -0.2) is 4.98 Å². The van der Waals surface area contributed by atoms with Crippen LogP contribution in [0, 0.1) is 5.92 Å². The highest BCUT2D eigenvalue weighted by atomic mass is 15.2. The molecule has 0 saturated carbocycles. The molecule has 1 aliphatic rings. The van der Waals surface area contributed by atoms with E-state index in [0.29, 0.717) is 5.92 Å². The molecule has 1 aliphatic heterocycles. The largest absolute Gasteiger partial charge is 0.370 e. The molecule has 3 heterocycles. The number of aromatic amines is 1.